The van der Waals surface area contributed by atoms with Gasteiger partial charge in [-0.15, -0.1) is 13.2 Å². The van der Waals surface area contributed by atoms with Gasteiger partial charge in [0.15, 0.2) is 5.13 Å². The molecule has 0 spiro atoms. The van der Waals surface area contributed by atoms with E-state index in [1.807, 2.05) is 13.8 Å². The summed E-state index contributed by atoms with van der Waals surface area (Å²) in [5.74, 6) is -0.744. The second kappa shape index (κ2) is 10.6. The van der Waals surface area contributed by atoms with Crippen molar-refractivity contribution >= 4 is 38.5 Å². The Bertz CT molecular complexity index is 1450. The van der Waals surface area contributed by atoms with Crippen molar-refractivity contribution in [3.63, 3.8) is 0 Å². The molecule has 37 heavy (non-hydrogen) atoms. The zero-order valence-electron chi connectivity index (χ0n) is 20.3. The summed E-state index contributed by atoms with van der Waals surface area (Å²) in [4.78, 5) is 32.0. The van der Waals surface area contributed by atoms with Crippen LogP contribution in [0.15, 0.2) is 60.7 Å². The Labute approximate surface area is 215 Å². The fraction of sp³-hybridized carbons (Fsp3) is 0.222. The number of benzene rings is 3. The maximum absolute atomic E-state index is 13.1. The summed E-state index contributed by atoms with van der Waals surface area (Å²) >= 11 is 1.27. The minimum absolute atomic E-state index is 0.0590. The van der Waals surface area contributed by atoms with Crippen molar-refractivity contribution in [3.8, 4) is 16.9 Å². The Balaban J connectivity index is 1.55. The summed E-state index contributed by atoms with van der Waals surface area (Å²) in [5, 5.41) is 3.22. The normalized spacial score (nSPS) is 11.4. The number of nitrogens with one attached hydrogen (secondary N) is 1. The predicted molar refractivity (Wildman–Crippen MR) is 138 cm³/mol. The van der Waals surface area contributed by atoms with E-state index in [1.54, 1.807) is 48.2 Å². The van der Waals surface area contributed by atoms with Crippen LogP contribution >= 0.6 is 11.3 Å². The summed E-state index contributed by atoms with van der Waals surface area (Å²) in [7, 11) is 0. The Kier molecular flexibility index (Phi) is 7.49. The molecule has 1 heterocycles. The zero-order chi connectivity index (χ0) is 26.7. The molecule has 3 aromatic carbocycles. The summed E-state index contributed by atoms with van der Waals surface area (Å²) in [5.41, 5.74) is 3.65. The fourth-order valence-electron chi connectivity index (χ4n) is 4.00. The van der Waals surface area contributed by atoms with E-state index in [0.717, 1.165) is 4.70 Å². The van der Waals surface area contributed by atoms with Gasteiger partial charge < -0.3 is 9.64 Å². The van der Waals surface area contributed by atoms with Crippen LogP contribution in [0.1, 0.15) is 40.1 Å². The van der Waals surface area contributed by atoms with Crippen molar-refractivity contribution in [1.82, 2.24) is 9.88 Å². The second-order valence-electron chi connectivity index (χ2n) is 8.18. The summed E-state index contributed by atoms with van der Waals surface area (Å²) in [6, 6.07) is 15.9. The molecule has 1 N–H and O–H groups in total. The number of rotatable bonds is 7. The van der Waals surface area contributed by atoms with E-state index in [2.05, 4.69) is 15.0 Å². The third-order valence-electron chi connectivity index (χ3n) is 5.88. The lowest BCUT2D eigenvalue weighted by molar-refractivity contribution is -0.274. The molecule has 0 atom stereocenters. The van der Waals surface area contributed by atoms with E-state index in [1.165, 1.54) is 35.6 Å². The van der Waals surface area contributed by atoms with Gasteiger partial charge in [-0.1, -0.05) is 35.6 Å². The highest BCUT2D eigenvalue weighted by atomic mass is 32.1. The van der Waals surface area contributed by atoms with Gasteiger partial charge in [0.05, 0.1) is 10.2 Å². The minimum atomic E-state index is -4.77. The lowest BCUT2D eigenvalue weighted by Gasteiger charge is -2.18. The maximum Gasteiger partial charge on any atom is 0.573 e. The molecule has 0 radical (unpaired) electrons. The highest BCUT2D eigenvalue weighted by Crippen LogP contribution is 2.31. The van der Waals surface area contributed by atoms with E-state index in [9.17, 15) is 22.8 Å². The number of fused-ring (bicyclic) bond motifs is 1. The molecule has 1 aromatic heterocycles. The quantitative estimate of drug-likeness (QED) is 0.284. The van der Waals surface area contributed by atoms with Crippen molar-refractivity contribution in [1.29, 1.82) is 0 Å². The number of nitrogens with zero attached hydrogens (tertiary/aromatic N) is 2. The highest BCUT2D eigenvalue weighted by Gasteiger charge is 2.31. The average Bonchev–Trinajstić information content (AvgIpc) is 3.26. The van der Waals surface area contributed by atoms with E-state index in [-0.39, 0.29) is 17.6 Å². The van der Waals surface area contributed by atoms with E-state index < -0.39 is 6.36 Å². The number of hydrogen-bond donors (Lipinski definition) is 1. The number of hydrogen-bond acceptors (Lipinski definition) is 5. The molecule has 2 amide bonds. The van der Waals surface area contributed by atoms with Gasteiger partial charge in [0, 0.05) is 24.2 Å². The predicted octanol–water partition coefficient (Wildman–Crippen LogP) is 6.90. The lowest BCUT2D eigenvalue weighted by atomic mass is 9.96. The van der Waals surface area contributed by atoms with Crippen LogP contribution in [0.25, 0.3) is 21.3 Å². The fourth-order valence-corrected chi connectivity index (χ4v) is 4.90. The van der Waals surface area contributed by atoms with Crippen molar-refractivity contribution in [2.45, 2.75) is 27.1 Å². The Morgan fingerprint density at radius 3 is 2.38 bits per heavy atom. The Hall–Kier alpha value is -3.92. The molecular weight excluding hydrogens is 503 g/mol. The van der Waals surface area contributed by atoms with Crippen molar-refractivity contribution in [2.75, 3.05) is 18.4 Å². The second-order valence-corrected chi connectivity index (χ2v) is 9.21. The molecule has 192 valence electrons. The first-order valence-corrected chi connectivity index (χ1v) is 12.4. The monoisotopic (exact) mass is 527 g/mol. The van der Waals surface area contributed by atoms with Crippen molar-refractivity contribution in [2.24, 2.45) is 0 Å². The number of aromatic nitrogens is 1. The molecule has 10 heteroatoms. The molecule has 0 aliphatic carbocycles. The van der Waals surface area contributed by atoms with Crippen molar-refractivity contribution in [3.05, 3.63) is 77.4 Å². The van der Waals surface area contributed by atoms with Gasteiger partial charge in [-0.25, -0.2) is 4.98 Å². The van der Waals surface area contributed by atoms with Crippen LogP contribution in [0.5, 0.6) is 5.75 Å². The van der Waals surface area contributed by atoms with Gasteiger partial charge >= 0.3 is 6.36 Å². The summed E-state index contributed by atoms with van der Waals surface area (Å²) in [6.07, 6.45) is -4.77. The van der Waals surface area contributed by atoms with Gasteiger partial charge in [-0.05, 0) is 73.9 Å². The van der Waals surface area contributed by atoms with Crippen molar-refractivity contribution < 1.29 is 27.5 Å². The minimum Gasteiger partial charge on any atom is -0.406 e. The third-order valence-corrected chi connectivity index (χ3v) is 6.82. The third kappa shape index (κ3) is 5.91. The zero-order valence-corrected chi connectivity index (χ0v) is 21.2. The number of carbonyl (C=O) groups excluding carboxylic acids is 2. The molecule has 4 rings (SSSR count). The summed E-state index contributed by atoms with van der Waals surface area (Å²) in [6.45, 7) is 6.85. The maximum atomic E-state index is 13.1. The highest BCUT2D eigenvalue weighted by molar-refractivity contribution is 7.22. The van der Waals surface area contributed by atoms with E-state index in [0.29, 0.717) is 51.6 Å². The SMILES string of the molecule is CCN(CC)C(=O)c1ccc2nc(NC(=O)c3cccc(-c4ccc(OC(F)(F)F)cc4)c3C)sc2c1. The number of alkyl halides is 3. The number of ether oxygens (including phenoxy) is 1. The molecule has 0 aliphatic rings. The molecule has 6 nitrogen and oxygen atoms in total. The topological polar surface area (TPSA) is 71.5 Å². The molecule has 0 fully saturated rings. The average molecular weight is 528 g/mol. The Morgan fingerprint density at radius 1 is 1.03 bits per heavy atom. The number of halogens is 3. The summed E-state index contributed by atoms with van der Waals surface area (Å²) < 4.78 is 42.0. The smallest absolute Gasteiger partial charge is 0.406 e. The number of carbonyl (C=O) groups is 2. The lowest BCUT2D eigenvalue weighted by Crippen LogP contribution is -2.30. The number of thiazole rings is 1. The van der Waals surface area contributed by atoms with Gasteiger partial charge in [0.1, 0.15) is 5.75 Å². The number of amides is 2. The van der Waals surface area contributed by atoms with Gasteiger partial charge in [-0.3, -0.25) is 14.9 Å². The molecule has 0 aliphatic heterocycles. The largest absolute Gasteiger partial charge is 0.573 e. The van der Waals surface area contributed by atoms with Gasteiger partial charge in [0.2, 0.25) is 0 Å². The Morgan fingerprint density at radius 2 is 1.73 bits per heavy atom. The first kappa shape index (κ1) is 26.2. The first-order valence-electron chi connectivity index (χ1n) is 11.6. The van der Waals surface area contributed by atoms with Crippen LogP contribution in [0.2, 0.25) is 0 Å². The molecule has 0 saturated heterocycles. The van der Waals surface area contributed by atoms with Crippen LogP contribution in [0.4, 0.5) is 18.3 Å². The standard InChI is InChI=1S/C27H24F3N3O3S/c1-4-33(5-2)25(35)18-11-14-22-23(15-18)37-26(31-22)32-24(34)21-8-6-7-20(16(21)3)17-9-12-19(13-10-17)36-27(28,29)30/h6-15H,4-5H2,1-3H3,(H,31,32,34). The van der Waals surface area contributed by atoms with Gasteiger partial charge in [-0.2, -0.15) is 0 Å². The van der Waals surface area contributed by atoms with Crippen LogP contribution in [0, 0.1) is 6.92 Å². The van der Waals surface area contributed by atoms with Crippen LogP contribution in [0.3, 0.4) is 0 Å². The molecular formula is C27H24F3N3O3S. The first-order chi connectivity index (χ1) is 17.6. The molecule has 4 aromatic rings. The van der Waals surface area contributed by atoms with E-state index in [4.69, 9.17) is 0 Å². The number of anilines is 1. The van der Waals surface area contributed by atoms with Crippen LogP contribution < -0.4 is 10.1 Å². The van der Waals surface area contributed by atoms with Crippen LogP contribution in [-0.4, -0.2) is 41.2 Å². The van der Waals surface area contributed by atoms with Gasteiger partial charge in [0.25, 0.3) is 11.8 Å². The van der Waals surface area contributed by atoms with E-state index >= 15 is 0 Å². The molecule has 0 bridgehead atoms. The molecule has 0 unspecified atom stereocenters. The van der Waals surface area contributed by atoms with Crippen LogP contribution in [-0.2, 0) is 0 Å². The molecule has 0 saturated carbocycles.